The van der Waals surface area contributed by atoms with Crippen molar-refractivity contribution >= 4 is 16.8 Å². The number of para-hydroxylation sites is 1. The molecular weight excluding hydrogens is 320 g/mol. The van der Waals surface area contributed by atoms with E-state index in [4.69, 9.17) is 0 Å². The molecule has 1 amide bonds. The maximum Gasteiger partial charge on any atom is 0.230 e. The molecule has 1 fully saturated rings. The van der Waals surface area contributed by atoms with Gasteiger partial charge in [-0.3, -0.25) is 4.79 Å². The Balaban J connectivity index is 1.56. The number of rotatable bonds is 2. The van der Waals surface area contributed by atoms with E-state index in [1.807, 2.05) is 6.07 Å². The summed E-state index contributed by atoms with van der Waals surface area (Å²) in [6, 6.07) is 18.9. The molecule has 3 aromatic rings. The highest BCUT2D eigenvalue weighted by atomic mass is 16.2. The van der Waals surface area contributed by atoms with Crippen molar-refractivity contribution < 1.29 is 4.79 Å². The molecule has 2 aromatic carbocycles. The molecule has 2 aliphatic rings. The van der Waals surface area contributed by atoms with E-state index in [-0.39, 0.29) is 5.92 Å². The second-order valence-corrected chi connectivity index (χ2v) is 7.75. The van der Waals surface area contributed by atoms with Gasteiger partial charge in [0.25, 0.3) is 0 Å². The van der Waals surface area contributed by atoms with Crippen LogP contribution in [0.2, 0.25) is 0 Å². The fraction of sp³-hybridized carbons (Fsp3) is 0.348. The average Bonchev–Trinajstić information content (AvgIpc) is 2.98. The van der Waals surface area contributed by atoms with Crippen LogP contribution in [0.3, 0.4) is 0 Å². The maximum atomic E-state index is 13.5. The summed E-state index contributed by atoms with van der Waals surface area (Å²) in [5.41, 5.74) is 5.14. The number of carbonyl (C=O) groups is 1. The summed E-state index contributed by atoms with van der Waals surface area (Å²) in [5.74, 6) is 0.845. The number of hydrogen-bond acceptors (Lipinski definition) is 1. The van der Waals surface area contributed by atoms with E-state index in [2.05, 4.69) is 65.0 Å². The highest BCUT2D eigenvalue weighted by molar-refractivity contribution is 5.94. The standard InChI is InChI=1S/C23H24N2O/c1-24-19-10-6-5-9-18(19)22-20(24)12-11-17-13-14-25(23(26)21(17)22)15-16-7-3-2-4-8-16/h2-10,17,21H,11-15H2,1H3/t17-,21-/m0/s1. The first kappa shape index (κ1) is 15.7. The molecule has 2 heterocycles. The molecule has 1 aliphatic carbocycles. The van der Waals surface area contributed by atoms with Gasteiger partial charge < -0.3 is 9.47 Å². The molecule has 3 heteroatoms. The van der Waals surface area contributed by atoms with Crippen LogP contribution in [0, 0.1) is 5.92 Å². The Labute approximate surface area is 154 Å². The number of hydrogen-bond donors (Lipinski definition) is 0. The number of nitrogens with zero attached hydrogens (tertiary/aromatic N) is 2. The van der Waals surface area contributed by atoms with Crippen molar-refractivity contribution in [3.63, 3.8) is 0 Å². The van der Waals surface area contributed by atoms with Crippen LogP contribution in [0.4, 0.5) is 0 Å². The quantitative estimate of drug-likeness (QED) is 0.682. The number of fused-ring (bicyclic) bond motifs is 5. The molecule has 0 N–H and O–H groups in total. The van der Waals surface area contributed by atoms with Crippen molar-refractivity contribution in [1.29, 1.82) is 0 Å². The van der Waals surface area contributed by atoms with Gasteiger partial charge in [-0.2, -0.15) is 0 Å². The molecule has 0 saturated carbocycles. The van der Waals surface area contributed by atoms with E-state index in [9.17, 15) is 4.79 Å². The van der Waals surface area contributed by atoms with E-state index < -0.39 is 0 Å². The number of aryl methyl sites for hydroxylation is 1. The fourth-order valence-corrected chi connectivity index (χ4v) is 5.07. The van der Waals surface area contributed by atoms with E-state index >= 15 is 0 Å². The van der Waals surface area contributed by atoms with Crippen LogP contribution in [0.15, 0.2) is 54.6 Å². The molecule has 0 radical (unpaired) electrons. The van der Waals surface area contributed by atoms with Gasteiger partial charge in [-0.15, -0.1) is 0 Å². The molecule has 26 heavy (non-hydrogen) atoms. The number of aromatic nitrogens is 1. The second kappa shape index (κ2) is 6.01. The van der Waals surface area contributed by atoms with Gasteiger partial charge in [0.15, 0.2) is 0 Å². The van der Waals surface area contributed by atoms with Crippen LogP contribution in [0.5, 0.6) is 0 Å². The Kier molecular flexibility index (Phi) is 3.63. The van der Waals surface area contributed by atoms with Gasteiger partial charge in [0.1, 0.15) is 0 Å². The molecule has 5 rings (SSSR count). The van der Waals surface area contributed by atoms with Crippen LogP contribution >= 0.6 is 0 Å². The zero-order valence-corrected chi connectivity index (χ0v) is 15.2. The zero-order valence-electron chi connectivity index (χ0n) is 15.2. The fourth-order valence-electron chi connectivity index (χ4n) is 5.07. The average molecular weight is 344 g/mol. The number of benzene rings is 2. The first-order valence-corrected chi connectivity index (χ1v) is 9.63. The van der Waals surface area contributed by atoms with E-state index in [0.29, 0.717) is 11.8 Å². The van der Waals surface area contributed by atoms with Crippen molar-refractivity contribution in [2.75, 3.05) is 6.54 Å². The number of carbonyl (C=O) groups excluding carboxylic acids is 1. The molecule has 3 nitrogen and oxygen atoms in total. The minimum atomic E-state index is 0.0299. The lowest BCUT2D eigenvalue weighted by Crippen LogP contribution is -2.45. The molecule has 0 unspecified atom stereocenters. The summed E-state index contributed by atoms with van der Waals surface area (Å²) in [5, 5.41) is 1.27. The summed E-state index contributed by atoms with van der Waals surface area (Å²) >= 11 is 0. The molecular formula is C23H24N2O. The highest BCUT2D eigenvalue weighted by Crippen LogP contribution is 2.46. The lowest BCUT2D eigenvalue weighted by molar-refractivity contribution is -0.138. The Morgan fingerprint density at radius 3 is 2.62 bits per heavy atom. The minimum Gasteiger partial charge on any atom is -0.347 e. The number of likely N-dealkylation sites (tertiary alicyclic amines) is 1. The lowest BCUT2D eigenvalue weighted by Gasteiger charge is -2.41. The Bertz CT molecular complexity index is 973. The van der Waals surface area contributed by atoms with Crippen LogP contribution in [0.25, 0.3) is 10.9 Å². The van der Waals surface area contributed by atoms with Gasteiger partial charge in [-0.05, 0) is 42.4 Å². The Morgan fingerprint density at radius 1 is 1.00 bits per heavy atom. The van der Waals surface area contributed by atoms with Crippen molar-refractivity contribution in [3.8, 4) is 0 Å². The van der Waals surface area contributed by atoms with Crippen molar-refractivity contribution in [2.24, 2.45) is 13.0 Å². The summed E-state index contributed by atoms with van der Waals surface area (Å²) in [6.07, 6.45) is 3.34. The maximum absolute atomic E-state index is 13.5. The molecule has 1 aromatic heterocycles. The van der Waals surface area contributed by atoms with Crippen LogP contribution in [-0.4, -0.2) is 21.9 Å². The van der Waals surface area contributed by atoms with Gasteiger partial charge in [-0.25, -0.2) is 0 Å². The van der Waals surface area contributed by atoms with Gasteiger partial charge >= 0.3 is 0 Å². The van der Waals surface area contributed by atoms with Crippen LogP contribution in [-0.2, 0) is 24.8 Å². The summed E-state index contributed by atoms with van der Waals surface area (Å²) in [4.78, 5) is 15.6. The number of piperidine rings is 1. The monoisotopic (exact) mass is 344 g/mol. The van der Waals surface area contributed by atoms with E-state index in [1.165, 1.54) is 27.7 Å². The lowest BCUT2D eigenvalue weighted by atomic mass is 9.72. The van der Waals surface area contributed by atoms with E-state index in [0.717, 1.165) is 32.4 Å². The minimum absolute atomic E-state index is 0.0299. The van der Waals surface area contributed by atoms with Gasteiger partial charge in [0.2, 0.25) is 5.91 Å². The molecule has 1 aliphatic heterocycles. The van der Waals surface area contributed by atoms with Crippen molar-refractivity contribution in [3.05, 3.63) is 71.4 Å². The highest BCUT2D eigenvalue weighted by Gasteiger charge is 2.42. The Hall–Kier alpha value is -2.55. The van der Waals surface area contributed by atoms with Gasteiger partial charge in [0, 0.05) is 36.7 Å². The van der Waals surface area contributed by atoms with Crippen molar-refractivity contribution in [2.45, 2.75) is 31.7 Å². The first-order chi connectivity index (χ1) is 12.7. The predicted molar refractivity (Wildman–Crippen MR) is 104 cm³/mol. The van der Waals surface area contributed by atoms with E-state index in [1.54, 1.807) is 0 Å². The molecule has 1 saturated heterocycles. The summed E-state index contributed by atoms with van der Waals surface area (Å²) in [7, 11) is 2.15. The first-order valence-electron chi connectivity index (χ1n) is 9.63. The molecule has 2 atom stereocenters. The normalized spacial score (nSPS) is 22.3. The molecule has 132 valence electrons. The topological polar surface area (TPSA) is 25.2 Å². The van der Waals surface area contributed by atoms with Gasteiger partial charge in [0.05, 0.1) is 5.92 Å². The molecule has 0 spiro atoms. The number of amides is 1. The predicted octanol–water partition coefficient (Wildman–Crippen LogP) is 4.26. The van der Waals surface area contributed by atoms with Crippen molar-refractivity contribution in [1.82, 2.24) is 9.47 Å². The van der Waals surface area contributed by atoms with Crippen LogP contribution in [0.1, 0.15) is 35.6 Å². The largest absolute Gasteiger partial charge is 0.347 e. The Morgan fingerprint density at radius 2 is 1.77 bits per heavy atom. The van der Waals surface area contributed by atoms with Gasteiger partial charge in [-0.1, -0.05) is 48.5 Å². The summed E-state index contributed by atoms with van der Waals surface area (Å²) in [6.45, 7) is 1.61. The third-order valence-electron chi connectivity index (χ3n) is 6.37. The second-order valence-electron chi connectivity index (χ2n) is 7.75. The summed E-state index contributed by atoms with van der Waals surface area (Å²) < 4.78 is 2.31. The zero-order chi connectivity index (χ0) is 17.7. The third-order valence-corrected chi connectivity index (χ3v) is 6.37. The SMILES string of the molecule is Cn1c2c(c3ccccc31)[C@H]1C(=O)N(Cc3ccccc3)CC[C@@H]1CC2. The van der Waals surface area contributed by atoms with Crippen LogP contribution < -0.4 is 0 Å². The third kappa shape index (κ3) is 2.30. The smallest absolute Gasteiger partial charge is 0.230 e. The molecule has 0 bridgehead atoms.